The van der Waals surface area contributed by atoms with Crippen LogP contribution in [0.1, 0.15) is 41.5 Å². The average Bonchev–Trinajstić information content (AvgIpc) is 2.21. The van der Waals surface area contributed by atoms with Gasteiger partial charge in [-0.15, -0.1) is 0 Å². The second-order valence-corrected chi connectivity index (χ2v) is 6.48. The van der Waals surface area contributed by atoms with Crippen LogP contribution in [-0.4, -0.2) is 30.7 Å². The fourth-order valence-corrected chi connectivity index (χ4v) is 1.16. The molecule has 0 aromatic rings. The number of carbonyl (C=O) groups is 2. The molecule has 0 aliphatic heterocycles. The lowest BCUT2D eigenvalue weighted by molar-refractivity contribution is -0.117. The standard InChI is InChI=1S/C14H26N2O3/c1-10(2)11(17)15-8-14(6,7)9-16-12(18)19-13(3,4)5/h1,8-9H2,2-7H3,(H,15,17)(H,16,18). The van der Waals surface area contributed by atoms with Crippen molar-refractivity contribution >= 4 is 12.0 Å². The zero-order chi connectivity index (χ0) is 15.3. The second kappa shape index (κ2) is 6.59. The molecule has 0 unspecified atom stereocenters. The molecule has 0 radical (unpaired) electrons. The van der Waals surface area contributed by atoms with E-state index in [1.54, 1.807) is 6.92 Å². The van der Waals surface area contributed by atoms with Gasteiger partial charge in [0, 0.05) is 18.7 Å². The van der Waals surface area contributed by atoms with Crippen molar-refractivity contribution in [1.29, 1.82) is 0 Å². The van der Waals surface area contributed by atoms with Crippen LogP contribution in [0.15, 0.2) is 12.2 Å². The number of hydrogen-bond acceptors (Lipinski definition) is 3. The zero-order valence-electron chi connectivity index (χ0n) is 12.8. The number of carbonyl (C=O) groups excluding carboxylic acids is 2. The highest BCUT2D eigenvalue weighted by Crippen LogP contribution is 2.13. The van der Waals surface area contributed by atoms with Gasteiger partial charge < -0.3 is 15.4 Å². The van der Waals surface area contributed by atoms with Crippen molar-refractivity contribution in [2.45, 2.75) is 47.1 Å². The fraction of sp³-hybridized carbons (Fsp3) is 0.714. The molecule has 0 spiro atoms. The Morgan fingerprint density at radius 3 is 1.95 bits per heavy atom. The van der Waals surface area contributed by atoms with E-state index in [1.807, 2.05) is 34.6 Å². The highest BCUT2D eigenvalue weighted by molar-refractivity contribution is 5.92. The van der Waals surface area contributed by atoms with Crippen molar-refractivity contribution in [3.63, 3.8) is 0 Å². The Morgan fingerprint density at radius 1 is 1.05 bits per heavy atom. The average molecular weight is 270 g/mol. The van der Waals surface area contributed by atoms with Crippen LogP contribution >= 0.6 is 0 Å². The normalized spacial score (nSPS) is 11.7. The predicted molar refractivity (Wildman–Crippen MR) is 75.8 cm³/mol. The lowest BCUT2D eigenvalue weighted by atomic mass is 9.93. The molecule has 0 aliphatic rings. The zero-order valence-corrected chi connectivity index (χ0v) is 12.8. The molecule has 0 aromatic carbocycles. The van der Waals surface area contributed by atoms with Crippen molar-refractivity contribution in [2.75, 3.05) is 13.1 Å². The van der Waals surface area contributed by atoms with Gasteiger partial charge in [0.25, 0.3) is 0 Å². The number of rotatable bonds is 5. The Labute approximate surface area is 115 Å². The molecule has 0 aliphatic carbocycles. The largest absolute Gasteiger partial charge is 0.444 e. The van der Waals surface area contributed by atoms with Gasteiger partial charge in [0.05, 0.1) is 0 Å². The van der Waals surface area contributed by atoms with E-state index < -0.39 is 11.7 Å². The van der Waals surface area contributed by atoms with Crippen molar-refractivity contribution in [3.8, 4) is 0 Å². The van der Waals surface area contributed by atoms with Gasteiger partial charge in [-0.2, -0.15) is 0 Å². The molecule has 110 valence electrons. The first-order valence-corrected chi connectivity index (χ1v) is 6.33. The van der Waals surface area contributed by atoms with Crippen LogP contribution in [0.25, 0.3) is 0 Å². The van der Waals surface area contributed by atoms with E-state index in [1.165, 1.54) is 0 Å². The van der Waals surface area contributed by atoms with E-state index in [4.69, 9.17) is 4.74 Å². The molecular formula is C14H26N2O3. The lowest BCUT2D eigenvalue weighted by Gasteiger charge is -2.26. The lowest BCUT2D eigenvalue weighted by Crippen LogP contribution is -2.43. The Morgan fingerprint density at radius 2 is 1.53 bits per heavy atom. The molecular weight excluding hydrogens is 244 g/mol. The van der Waals surface area contributed by atoms with Crippen molar-refractivity contribution in [1.82, 2.24) is 10.6 Å². The number of hydrogen-bond donors (Lipinski definition) is 2. The highest BCUT2D eigenvalue weighted by Gasteiger charge is 2.22. The van der Waals surface area contributed by atoms with Gasteiger partial charge in [0.2, 0.25) is 5.91 Å². The Kier molecular flexibility index (Phi) is 6.06. The second-order valence-electron chi connectivity index (χ2n) is 6.48. The summed E-state index contributed by atoms with van der Waals surface area (Å²) in [4.78, 5) is 22.9. The Hall–Kier alpha value is -1.52. The maximum absolute atomic E-state index is 11.5. The molecule has 0 bridgehead atoms. The highest BCUT2D eigenvalue weighted by atomic mass is 16.6. The van der Waals surface area contributed by atoms with E-state index in [9.17, 15) is 9.59 Å². The van der Waals surface area contributed by atoms with Crippen LogP contribution in [0.2, 0.25) is 0 Å². The number of alkyl carbamates (subject to hydrolysis) is 1. The molecule has 0 fully saturated rings. The molecule has 2 N–H and O–H groups in total. The molecule has 0 heterocycles. The van der Waals surface area contributed by atoms with Crippen LogP contribution in [-0.2, 0) is 9.53 Å². The summed E-state index contributed by atoms with van der Waals surface area (Å²) in [6.07, 6.45) is -0.452. The molecule has 0 aromatic heterocycles. The van der Waals surface area contributed by atoms with Gasteiger partial charge in [0.15, 0.2) is 0 Å². The monoisotopic (exact) mass is 270 g/mol. The summed E-state index contributed by atoms with van der Waals surface area (Å²) >= 11 is 0. The van der Waals surface area contributed by atoms with Crippen LogP contribution in [0, 0.1) is 5.41 Å². The van der Waals surface area contributed by atoms with E-state index in [0.29, 0.717) is 18.7 Å². The summed E-state index contributed by atoms with van der Waals surface area (Å²) in [6.45, 7) is 15.4. The summed E-state index contributed by atoms with van der Waals surface area (Å²) in [7, 11) is 0. The summed E-state index contributed by atoms with van der Waals surface area (Å²) in [5.41, 5.74) is -0.305. The first kappa shape index (κ1) is 17.5. The topological polar surface area (TPSA) is 67.4 Å². The molecule has 0 saturated heterocycles. The van der Waals surface area contributed by atoms with Gasteiger partial charge in [-0.1, -0.05) is 20.4 Å². The maximum Gasteiger partial charge on any atom is 0.407 e. The smallest absolute Gasteiger partial charge is 0.407 e. The van der Waals surface area contributed by atoms with Crippen LogP contribution in [0.3, 0.4) is 0 Å². The van der Waals surface area contributed by atoms with Crippen molar-refractivity contribution < 1.29 is 14.3 Å². The fourth-order valence-electron chi connectivity index (χ4n) is 1.16. The minimum Gasteiger partial charge on any atom is -0.444 e. The van der Waals surface area contributed by atoms with Crippen molar-refractivity contribution in [2.24, 2.45) is 5.41 Å². The third kappa shape index (κ3) is 9.11. The molecule has 19 heavy (non-hydrogen) atoms. The summed E-state index contributed by atoms with van der Waals surface area (Å²) in [5, 5.41) is 5.46. The van der Waals surface area contributed by atoms with Crippen LogP contribution < -0.4 is 10.6 Å². The van der Waals surface area contributed by atoms with E-state index in [2.05, 4.69) is 17.2 Å². The van der Waals surface area contributed by atoms with Gasteiger partial charge in [-0.05, 0) is 33.1 Å². The number of nitrogens with one attached hydrogen (secondary N) is 2. The molecule has 0 saturated carbocycles. The quantitative estimate of drug-likeness (QED) is 0.753. The van der Waals surface area contributed by atoms with E-state index in [0.717, 1.165) is 0 Å². The Balaban J connectivity index is 4.13. The predicted octanol–water partition coefficient (Wildman–Crippen LogP) is 2.23. The summed E-state index contributed by atoms with van der Waals surface area (Å²) < 4.78 is 5.15. The van der Waals surface area contributed by atoms with Gasteiger partial charge in [0.1, 0.15) is 5.60 Å². The maximum atomic E-state index is 11.5. The van der Waals surface area contributed by atoms with Crippen LogP contribution in [0.4, 0.5) is 4.79 Å². The SMILES string of the molecule is C=C(C)C(=O)NCC(C)(C)CNC(=O)OC(C)(C)C. The molecule has 0 atom stereocenters. The minimum atomic E-state index is -0.512. The molecule has 0 rings (SSSR count). The van der Waals surface area contributed by atoms with E-state index in [-0.39, 0.29) is 11.3 Å². The van der Waals surface area contributed by atoms with Gasteiger partial charge in [-0.25, -0.2) is 4.79 Å². The van der Waals surface area contributed by atoms with Gasteiger partial charge in [-0.3, -0.25) is 4.79 Å². The molecule has 5 nitrogen and oxygen atoms in total. The first-order chi connectivity index (χ1) is 8.43. The third-order valence-electron chi connectivity index (χ3n) is 2.23. The number of amides is 2. The van der Waals surface area contributed by atoms with Crippen molar-refractivity contribution in [3.05, 3.63) is 12.2 Å². The summed E-state index contributed by atoms with van der Waals surface area (Å²) in [6, 6.07) is 0. The van der Waals surface area contributed by atoms with E-state index >= 15 is 0 Å². The first-order valence-electron chi connectivity index (χ1n) is 6.33. The number of ether oxygens (including phenoxy) is 1. The Bertz CT molecular complexity index is 354. The third-order valence-corrected chi connectivity index (χ3v) is 2.23. The molecule has 2 amide bonds. The van der Waals surface area contributed by atoms with Crippen LogP contribution in [0.5, 0.6) is 0 Å². The summed E-state index contributed by atoms with van der Waals surface area (Å²) in [5.74, 6) is -0.176. The molecule has 5 heteroatoms. The van der Waals surface area contributed by atoms with Gasteiger partial charge >= 0.3 is 6.09 Å². The minimum absolute atomic E-state index is 0.176.